The van der Waals surface area contributed by atoms with Gasteiger partial charge in [-0.25, -0.2) is 9.79 Å². The minimum absolute atomic E-state index is 0.0799. The summed E-state index contributed by atoms with van der Waals surface area (Å²) in [6.45, 7) is 9.39. The molecule has 2 heterocycles. The molecule has 0 unspecified atom stereocenters. The third-order valence-corrected chi connectivity index (χ3v) is 7.47. The average Bonchev–Trinajstić information content (AvgIpc) is 3.15. The lowest BCUT2D eigenvalue weighted by molar-refractivity contribution is -0.139. The summed E-state index contributed by atoms with van der Waals surface area (Å²) in [6.07, 6.45) is 1.65. The number of fused-ring (bicyclic) bond motifs is 1. The summed E-state index contributed by atoms with van der Waals surface area (Å²) in [5.74, 6) is -0.459. The van der Waals surface area contributed by atoms with Gasteiger partial charge < -0.3 is 14.7 Å². The first-order valence-corrected chi connectivity index (χ1v) is 13.0. The number of halogens is 1. The van der Waals surface area contributed by atoms with Crippen LogP contribution in [-0.4, -0.2) is 35.3 Å². The maximum absolute atomic E-state index is 13.7. The standard InChI is InChI=1S/C27H28ClN3O4S/c1-5-30(6-2)18-13-12-17(21(32)15-18)14-22-25(33)31-24(19-10-8-9-11-20(19)28)23(26(34)35-7-3)16(4)29-27(31)36-22/h8-15,24,32H,5-7H2,1-4H3/b22-14+/t24-/m1/s1. The van der Waals surface area contributed by atoms with E-state index in [-0.39, 0.29) is 23.5 Å². The number of phenols is 1. The topological polar surface area (TPSA) is 84.1 Å². The number of anilines is 1. The van der Waals surface area contributed by atoms with E-state index in [2.05, 4.69) is 23.7 Å². The number of thiazole rings is 1. The van der Waals surface area contributed by atoms with Crippen LogP contribution < -0.4 is 19.8 Å². The van der Waals surface area contributed by atoms with Crippen molar-refractivity contribution in [2.75, 3.05) is 24.6 Å². The molecule has 0 radical (unpaired) electrons. The molecule has 0 saturated carbocycles. The number of carbonyl (C=O) groups excluding carboxylic acids is 1. The van der Waals surface area contributed by atoms with Crippen LogP contribution >= 0.6 is 22.9 Å². The molecule has 1 aliphatic rings. The molecule has 0 bridgehead atoms. The van der Waals surface area contributed by atoms with Gasteiger partial charge in [0.05, 0.1) is 22.4 Å². The van der Waals surface area contributed by atoms with Gasteiger partial charge in [-0.2, -0.15) is 0 Å². The summed E-state index contributed by atoms with van der Waals surface area (Å²) in [5, 5.41) is 11.1. The van der Waals surface area contributed by atoms with Crippen molar-refractivity contribution in [3.63, 3.8) is 0 Å². The highest BCUT2D eigenvalue weighted by molar-refractivity contribution is 7.07. The Labute approximate surface area is 218 Å². The van der Waals surface area contributed by atoms with Crippen LogP contribution in [0.2, 0.25) is 5.02 Å². The predicted molar refractivity (Wildman–Crippen MR) is 144 cm³/mol. The molecule has 0 fully saturated rings. The molecular weight excluding hydrogens is 498 g/mol. The zero-order valence-electron chi connectivity index (χ0n) is 20.6. The van der Waals surface area contributed by atoms with Crippen LogP contribution in [0.3, 0.4) is 0 Å². The number of allylic oxidation sites excluding steroid dienone is 1. The number of benzene rings is 2. The van der Waals surface area contributed by atoms with Gasteiger partial charge in [0.1, 0.15) is 11.8 Å². The molecule has 9 heteroatoms. The zero-order chi connectivity index (χ0) is 26.0. The number of hydrogen-bond donors (Lipinski definition) is 1. The fraction of sp³-hybridized carbons (Fsp3) is 0.296. The molecule has 0 spiro atoms. The van der Waals surface area contributed by atoms with Crippen LogP contribution in [-0.2, 0) is 9.53 Å². The smallest absolute Gasteiger partial charge is 0.338 e. The van der Waals surface area contributed by atoms with Crippen LogP contribution in [0.25, 0.3) is 6.08 Å². The number of hydrogen-bond acceptors (Lipinski definition) is 7. The minimum Gasteiger partial charge on any atom is -0.507 e. The van der Waals surface area contributed by atoms with Crippen molar-refractivity contribution >= 4 is 40.7 Å². The monoisotopic (exact) mass is 525 g/mol. The fourth-order valence-electron chi connectivity index (χ4n) is 4.36. The SMILES string of the molecule is CCOC(=O)C1=C(C)N=c2s/c(=C/c3ccc(N(CC)CC)cc3O)c(=O)n2[C@@H]1c1ccccc1Cl. The number of nitrogens with zero attached hydrogens (tertiary/aromatic N) is 3. The van der Waals surface area contributed by atoms with Crippen molar-refractivity contribution in [3.05, 3.63) is 89.6 Å². The summed E-state index contributed by atoms with van der Waals surface area (Å²) in [6, 6.07) is 11.7. The molecule has 2 aromatic carbocycles. The average molecular weight is 526 g/mol. The van der Waals surface area contributed by atoms with Gasteiger partial charge in [-0.15, -0.1) is 0 Å². The first-order valence-electron chi connectivity index (χ1n) is 11.8. The lowest BCUT2D eigenvalue weighted by Crippen LogP contribution is -2.40. The van der Waals surface area contributed by atoms with E-state index in [1.54, 1.807) is 50.3 Å². The number of aromatic hydroxyl groups is 1. The maximum Gasteiger partial charge on any atom is 0.338 e. The van der Waals surface area contributed by atoms with Crippen molar-refractivity contribution < 1.29 is 14.6 Å². The quantitative estimate of drug-likeness (QED) is 0.471. The first-order chi connectivity index (χ1) is 17.3. The van der Waals surface area contributed by atoms with E-state index in [0.29, 0.717) is 31.2 Å². The molecule has 4 rings (SSSR count). The Kier molecular flexibility index (Phi) is 7.66. The molecule has 188 valence electrons. The Balaban J connectivity index is 1.90. The summed E-state index contributed by atoms with van der Waals surface area (Å²) < 4.78 is 7.18. The second kappa shape index (κ2) is 10.7. The molecule has 36 heavy (non-hydrogen) atoms. The highest BCUT2D eigenvalue weighted by Gasteiger charge is 2.34. The van der Waals surface area contributed by atoms with Gasteiger partial charge in [0.15, 0.2) is 4.80 Å². The number of aromatic nitrogens is 1. The van der Waals surface area contributed by atoms with Gasteiger partial charge in [-0.05, 0) is 57.5 Å². The van der Waals surface area contributed by atoms with Crippen molar-refractivity contribution in [3.8, 4) is 5.75 Å². The van der Waals surface area contributed by atoms with E-state index in [9.17, 15) is 14.7 Å². The zero-order valence-corrected chi connectivity index (χ0v) is 22.2. The molecule has 1 aliphatic heterocycles. The van der Waals surface area contributed by atoms with Gasteiger partial charge in [0.2, 0.25) is 0 Å². The lowest BCUT2D eigenvalue weighted by atomic mass is 9.96. The highest BCUT2D eigenvalue weighted by Crippen LogP contribution is 2.34. The first kappa shape index (κ1) is 25.7. The van der Waals surface area contributed by atoms with E-state index < -0.39 is 12.0 Å². The van der Waals surface area contributed by atoms with Crippen LogP contribution in [0.1, 0.15) is 44.9 Å². The fourth-order valence-corrected chi connectivity index (χ4v) is 5.64. The highest BCUT2D eigenvalue weighted by atomic mass is 35.5. The summed E-state index contributed by atoms with van der Waals surface area (Å²) in [5.41, 5.74) is 2.45. The molecule has 0 aliphatic carbocycles. The van der Waals surface area contributed by atoms with Crippen LogP contribution in [0.4, 0.5) is 5.69 Å². The summed E-state index contributed by atoms with van der Waals surface area (Å²) in [4.78, 5) is 33.8. The number of ether oxygens (including phenoxy) is 1. The molecule has 7 nitrogen and oxygen atoms in total. The van der Waals surface area contributed by atoms with Gasteiger partial charge in [-0.1, -0.05) is 41.1 Å². The van der Waals surface area contributed by atoms with E-state index in [0.717, 1.165) is 18.8 Å². The van der Waals surface area contributed by atoms with Crippen molar-refractivity contribution in [1.82, 2.24) is 4.57 Å². The summed E-state index contributed by atoms with van der Waals surface area (Å²) >= 11 is 7.73. The largest absolute Gasteiger partial charge is 0.507 e. The van der Waals surface area contributed by atoms with E-state index in [4.69, 9.17) is 16.3 Å². The van der Waals surface area contributed by atoms with Crippen LogP contribution in [0.15, 0.2) is 63.5 Å². The lowest BCUT2D eigenvalue weighted by Gasteiger charge is -2.25. The van der Waals surface area contributed by atoms with Crippen LogP contribution in [0, 0.1) is 0 Å². The molecule has 3 aromatic rings. The molecule has 0 amide bonds. The number of carbonyl (C=O) groups is 1. The van der Waals surface area contributed by atoms with Gasteiger partial charge in [-0.3, -0.25) is 9.36 Å². The predicted octanol–water partition coefficient (Wildman–Crippen LogP) is 4.00. The van der Waals surface area contributed by atoms with Crippen molar-refractivity contribution in [2.45, 2.75) is 33.7 Å². The maximum atomic E-state index is 13.7. The minimum atomic E-state index is -0.783. The molecular formula is C27H28ClN3O4S. The Morgan fingerprint density at radius 1 is 1.22 bits per heavy atom. The third kappa shape index (κ3) is 4.70. The van der Waals surface area contributed by atoms with Gasteiger partial charge in [0, 0.05) is 35.4 Å². The Morgan fingerprint density at radius 3 is 2.58 bits per heavy atom. The van der Waals surface area contributed by atoms with E-state index >= 15 is 0 Å². The van der Waals surface area contributed by atoms with E-state index in [1.807, 2.05) is 12.1 Å². The van der Waals surface area contributed by atoms with E-state index in [1.165, 1.54) is 15.9 Å². The molecule has 1 atom stereocenters. The number of esters is 1. The number of rotatable bonds is 7. The van der Waals surface area contributed by atoms with Gasteiger partial charge in [0.25, 0.3) is 5.56 Å². The Hall–Kier alpha value is -3.36. The molecule has 1 N–H and O–H groups in total. The summed E-state index contributed by atoms with van der Waals surface area (Å²) in [7, 11) is 0. The van der Waals surface area contributed by atoms with Crippen molar-refractivity contribution in [2.24, 2.45) is 4.99 Å². The van der Waals surface area contributed by atoms with Crippen molar-refractivity contribution in [1.29, 1.82) is 0 Å². The second-order valence-corrected chi connectivity index (χ2v) is 9.66. The molecule has 1 aromatic heterocycles. The second-order valence-electron chi connectivity index (χ2n) is 8.24. The normalized spacial score (nSPS) is 15.5. The van der Waals surface area contributed by atoms with Gasteiger partial charge >= 0.3 is 5.97 Å². The van der Waals surface area contributed by atoms with Crippen LogP contribution in [0.5, 0.6) is 5.75 Å². The number of phenolic OH excluding ortho intramolecular Hbond substituents is 1. The third-order valence-electron chi connectivity index (χ3n) is 6.15. The Morgan fingerprint density at radius 2 is 1.94 bits per heavy atom. The molecule has 0 saturated heterocycles. The Bertz CT molecular complexity index is 1520.